The average molecular weight is 196 g/mol. The molecule has 76 valence electrons. The van der Waals surface area contributed by atoms with Crippen LogP contribution in [0.25, 0.3) is 0 Å². The maximum Gasteiger partial charge on any atom is 0.168 e. The molecule has 0 radical (unpaired) electrons. The fraction of sp³-hybridized carbons (Fsp3) is 0.364. The molecule has 0 bridgehead atoms. The summed E-state index contributed by atoms with van der Waals surface area (Å²) < 4.78 is 12.8. The highest BCUT2D eigenvalue weighted by atomic mass is 19.1. The van der Waals surface area contributed by atoms with Crippen molar-refractivity contribution >= 4 is 5.78 Å². The molecule has 14 heavy (non-hydrogen) atoms. The van der Waals surface area contributed by atoms with Crippen molar-refractivity contribution in [2.45, 2.75) is 20.0 Å². The highest BCUT2D eigenvalue weighted by Crippen LogP contribution is 2.18. The zero-order chi connectivity index (χ0) is 10.7. The number of ketones is 1. The highest BCUT2D eigenvalue weighted by molar-refractivity contribution is 5.85. The summed E-state index contributed by atoms with van der Waals surface area (Å²) in [7, 11) is 0. The van der Waals surface area contributed by atoms with Gasteiger partial charge in [-0.25, -0.2) is 4.39 Å². The van der Waals surface area contributed by atoms with Crippen molar-refractivity contribution in [1.29, 1.82) is 0 Å². The van der Waals surface area contributed by atoms with Gasteiger partial charge in [-0.15, -0.1) is 0 Å². The summed E-state index contributed by atoms with van der Waals surface area (Å²) in [5.41, 5.74) is 0.309. The van der Waals surface area contributed by atoms with Gasteiger partial charge in [0.2, 0.25) is 0 Å². The van der Waals surface area contributed by atoms with E-state index < -0.39 is 11.9 Å². The van der Waals surface area contributed by atoms with Crippen LogP contribution >= 0.6 is 0 Å². The smallest absolute Gasteiger partial charge is 0.168 e. The SMILES string of the molecule is CC(C)C(=O)[C@H](O)c1cccc(F)c1. The number of halogens is 1. The Kier molecular flexibility index (Phi) is 3.36. The summed E-state index contributed by atoms with van der Waals surface area (Å²) in [5.74, 6) is -0.998. The van der Waals surface area contributed by atoms with Crippen molar-refractivity contribution < 1.29 is 14.3 Å². The Hall–Kier alpha value is -1.22. The fourth-order valence-corrected chi connectivity index (χ4v) is 1.16. The lowest BCUT2D eigenvalue weighted by Crippen LogP contribution is -2.17. The lowest BCUT2D eigenvalue weighted by molar-refractivity contribution is -0.130. The highest BCUT2D eigenvalue weighted by Gasteiger charge is 2.20. The lowest BCUT2D eigenvalue weighted by atomic mass is 9.98. The minimum absolute atomic E-state index is 0.256. The maximum atomic E-state index is 12.8. The molecular weight excluding hydrogens is 183 g/mol. The van der Waals surface area contributed by atoms with Crippen LogP contribution in [-0.4, -0.2) is 10.9 Å². The van der Waals surface area contributed by atoms with Crippen LogP contribution in [0.15, 0.2) is 24.3 Å². The van der Waals surface area contributed by atoms with Gasteiger partial charge in [-0.1, -0.05) is 26.0 Å². The maximum absolute atomic E-state index is 12.8. The summed E-state index contributed by atoms with van der Waals surface area (Å²) in [6.45, 7) is 3.40. The van der Waals surface area contributed by atoms with E-state index >= 15 is 0 Å². The van der Waals surface area contributed by atoms with Crippen molar-refractivity contribution in [3.05, 3.63) is 35.6 Å². The molecule has 0 amide bonds. The van der Waals surface area contributed by atoms with E-state index in [1.807, 2.05) is 0 Å². The molecule has 1 aromatic carbocycles. The fourth-order valence-electron chi connectivity index (χ4n) is 1.16. The molecule has 0 aliphatic heterocycles. The average Bonchev–Trinajstić information content (AvgIpc) is 2.15. The van der Waals surface area contributed by atoms with E-state index in [1.54, 1.807) is 13.8 Å². The normalized spacial score (nSPS) is 12.9. The molecular formula is C11H13FO2. The van der Waals surface area contributed by atoms with Crippen LogP contribution in [0.3, 0.4) is 0 Å². The van der Waals surface area contributed by atoms with E-state index in [1.165, 1.54) is 24.3 Å². The number of aliphatic hydroxyl groups excluding tert-OH is 1. The molecule has 0 spiro atoms. The van der Waals surface area contributed by atoms with Crippen LogP contribution in [0, 0.1) is 11.7 Å². The van der Waals surface area contributed by atoms with Gasteiger partial charge in [-0.05, 0) is 17.7 Å². The molecule has 1 aromatic rings. The Morgan fingerprint density at radius 2 is 2.07 bits per heavy atom. The van der Waals surface area contributed by atoms with E-state index in [0.717, 1.165) is 0 Å². The Balaban J connectivity index is 2.89. The number of Topliss-reactive ketones (excluding diaryl/α,β-unsaturated/α-hetero) is 1. The van der Waals surface area contributed by atoms with Gasteiger partial charge in [0.25, 0.3) is 0 Å². The molecule has 1 atom stereocenters. The van der Waals surface area contributed by atoms with Gasteiger partial charge in [0.15, 0.2) is 5.78 Å². The van der Waals surface area contributed by atoms with E-state index in [9.17, 15) is 14.3 Å². The Bertz CT molecular complexity index is 334. The van der Waals surface area contributed by atoms with Crippen molar-refractivity contribution in [3.8, 4) is 0 Å². The quantitative estimate of drug-likeness (QED) is 0.803. The first-order valence-electron chi connectivity index (χ1n) is 4.49. The van der Waals surface area contributed by atoms with Crippen LogP contribution in [0.5, 0.6) is 0 Å². The first-order valence-corrected chi connectivity index (χ1v) is 4.49. The summed E-state index contributed by atoms with van der Waals surface area (Å²) in [5, 5.41) is 9.57. The number of rotatable bonds is 3. The predicted molar refractivity (Wildman–Crippen MR) is 51.2 cm³/mol. The van der Waals surface area contributed by atoms with Crippen LogP contribution in [0.4, 0.5) is 4.39 Å². The van der Waals surface area contributed by atoms with Gasteiger partial charge >= 0.3 is 0 Å². The Morgan fingerprint density at radius 3 is 2.57 bits per heavy atom. The standard InChI is InChI=1S/C11H13FO2/c1-7(2)10(13)11(14)8-4-3-5-9(12)6-8/h3-7,11,14H,1-2H3/t11-/m1/s1. The summed E-state index contributed by atoms with van der Waals surface area (Å²) in [6, 6.07) is 5.45. The second kappa shape index (κ2) is 4.33. The molecule has 0 heterocycles. The van der Waals surface area contributed by atoms with Crippen molar-refractivity contribution in [2.24, 2.45) is 5.92 Å². The summed E-state index contributed by atoms with van der Waals surface area (Å²) >= 11 is 0. The number of carbonyl (C=O) groups is 1. The van der Waals surface area contributed by atoms with Gasteiger partial charge in [0.1, 0.15) is 11.9 Å². The molecule has 0 aromatic heterocycles. The topological polar surface area (TPSA) is 37.3 Å². The molecule has 2 nitrogen and oxygen atoms in total. The van der Waals surface area contributed by atoms with E-state index in [-0.39, 0.29) is 11.7 Å². The minimum atomic E-state index is -1.22. The van der Waals surface area contributed by atoms with Gasteiger partial charge in [0.05, 0.1) is 0 Å². The molecule has 3 heteroatoms. The van der Waals surface area contributed by atoms with E-state index in [4.69, 9.17) is 0 Å². The Labute approximate surface area is 82.4 Å². The largest absolute Gasteiger partial charge is 0.381 e. The molecule has 0 aliphatic carbocycles. The zero-order valence-corrected chi connectivity index (χ0v) is 8.20. The summed E-state index contributed by atoms with van der Waals surface area (Å²) in [6.07, 6.45) is -1.22. The van der Waals surface area contributed by atoms with Crippen LogP contribution in [0.2, 0.25) is 0 Å². The predicted octanol–water partition coefficient (Wildman–Crippen LogP) is 2.08. The number of hydrogen-bond acceptors (Lipinski definition) is 2. The number of hydrogen-bond donors (Lipinski definition) is 1. The van der Waals surface area contributed by atoms with Crippen molar-refractivity contribution in [2.75, 3.05) is 0 Å². The molecule has 0 aliphatic rings. The van der Waals surface area contributed by atoms with Crippen LogP contribution in [-0.2, 0) is 4.79 Å². The second-order valence-electron chi connectivity index (χ2n) is 3.51. The van der Waals surface area contributed by atoms with Gasteiger partial charge in [-0.2, -0.15) is 0 Å². The molecule has 0 unspecified atom stereocenters. The molecule has 1 rings (SSSR count). The third-order valence-corrected chi connectivity index (χ3v) is 2.00. The molecule has 0 fully saturated rings. The Morgan fingerprint density at radius 1 is 1.43 bits per heavy atom. The number of carbonyl (C=O) groups excluding carboxylic acids is 1. The van der Waals surface area contributed by atoms with Gasteiger partial charge < -0.3 is 5.11 Å². The van der Waals surface area contributed by atoms with Crippen molar-refractivity contribution in [1.82, 2.24) is 0 Å². The number of benzene rings is 1. The monoisotopic (exact) mass is 196 g/mol. The molecule has 1 N–H and O–H groups in total. The first-order chi connectivity index (χ1) is 6.52. The summed E-state index contributed by atoms with van der Waals surface area (Å²) in [4.78, 5) is 11.4. The molecule has 0 saturated heterocycles. The zero-order valence-electron chi connectivity index (χ0n) is 8.20. The second-order valence-corrected chi connectivity index (χ2v) is 3.51. The van der Waals surface area contributed by atoms with Crippen molar-refractivity contribution in [3.63, 3.8) is 0 Å². The van der Waals surface area contributed by atoms with Gasteiger partial charge in [-0.3, -0.25) is 4.79 Å². The van der Waals surface area contributed by atoms with E-state index in [0.29, 0.717) is 5.56 Å². The van der Waals surface area contributed by atoms with Crippen LogP contribution < -0.4 is 0 Å². The minimum Gasteiger partial charge on any atom is -0.381 e. The van der Waals surface area contributed by atoms with Crippen LogP contribution in [0.1, 0.15) is 25.5 Å². The number of aliphatic hydroxyl groups is 1. The third-order valence-electron chi connectivity index (χ3n) is 2.00. The van der Waals surface area contributed by atoms with E-state index in [2.05, 4.69) is 0 Å². The first kappa shape index (κ1) is 10.9. The lowest BCUT2D eigenvalue weighted by Gasteiger charge is -2.12. The molecule has 0 saturated carbocycles. The van der Waals surface area contributed by atoms with Gasteiger partial charge in [0, 0.05) is 5.92 Å². The third kappa shape index (κ3) is 2.39.